The van der Waals surface area contributed by atoms with E-state index in [-0.39, 0.29) is 5.41 Å². The minimum Gasteiger partial charge on any atom is -0.507 e. The first-order valence-corrected chi connectivity index (χ1v) is 19.6. The molecule has 54 heavy (non-hydrogen) atoms. The average Bonchev–Trinajstić information content (AvgIpc) is 3.10. The fraction of sp³-hybridized carbons (Fsp3) is 0.347. The highest BCUT2D eigenvalue weighted by atomic mass is 16.3. The lowest BCUT2D eigenvalue weighted by Gasteiger charge is -2.33. The minimum atomic E-state index is -0.137. The van der Waals surface area contributed by atoms with Crippen molar-refractivity contribution >= 4 is 39.8 Å². The van der Waals surface area contributed by atoms with Gasteiger partial charge >= 0.3 is 0 Å². The van der Waals surface area contributed by atoms with Crippen molar-refractivity contribution in [3.8, 4) is 5.75 Å². The first-order valence-electron chi connectivity index (χ1n) is 19.6. The minimum absolute atomic E-state index is 0.137. The van der Waals surface area contributed by atoms with Crippen molar-refractivity contribution in [1.29, 1.82) is 0 Å². The highest BCUT2D eigenvalue weighted by molar-refractivity contribution is 5.69. The summed E-state index contributed by atoms with van der Waals surface area (Å²) in [5.41, 5.74) is 13.1. The van der Waals surface area contributed by atoms with Crippen molar-refractivity contribution < 1.29 is 5.11 Å². The van der Waals surface area contributed by atoms with Crippen molar-refractivity contribution in [2.45, 2.75) is 99.6 Å². The number of rotatable bonds is 16. The Kier molecular flexibility index (Phi) is 13.2. The van der Waals surface area contributed by atoms with Gasteiger partial charge in [-0.1, -0.05) is 65.3 Å². The smallest absolute Gasteiger partial charge is 0.122 e. The maximum atomic E-state index is 10.8. The largest absolute Gasteiger partial charge is 0.507 e. The van der Waals surface area contributed by atoms with E-state index >= 15 is 0 Å². The number of aryl methyl sites for hydroxylation is 1. The molecular formula is C49H62N4O. The number of anilines is 7. The third-order valence-electron chi connectivity index (χ3n) is 9.94. The maximum Gasteiger partial charge on any atom is 0.122 e. The number of phenols is 1. The summed E-state index contributed by atoms with van der Waals surface area (Å²) >= 11 is 0. The number of aromatic hydroxyl groups is 1. The van der Waals surface area contributed by atoms with Crippen LogP contribution in [0.25, 0.3) is 0 Å². The molecule has 2 unspecified atom stereocenters. The molecule has 5 heteroatoms. The molecule has 5 aromatic rings. The van der Waals surface area contributed by atoms with Crippen molar-refractivity contribution in [3.63, 3.8) is 0 Å². The quantitative estimate of drug-likeness (QED) is 0.0764. The molecule has 284 valence electrons. The monoisotopic (exact) mass is 722 g/mol. The van der Waals surface area contributed by atoms with E-state index < -0.39 is 0 Å². The Morgan fingerprint density at radius 3 is 1.50 bits per heavy atom. The maximum absolute atomic E-state index is 10.8. The second-order valence-electron chi connectivity index (χ2n) is 16.9. The Balaban J connectivity index is 1.18. The van der Waals surface area contributed by atoms with Crippen molar-refractivity contribution in [2.75, 3.05) is 20.9 Å². The molecule has 0 aliphatic carbocycles. The summed E-state index contributed by atoms with van der Waals surface area (Å²) in [5, 5.41) is 21.5. The van der Waals surface area contributed by atoms with Gasteiger partial charge in [0.25, 0.3) is 0 Å². The predicted molar refractivity (Wildman–Crippen MR) is 235 cm³/mol. The molecule has 2 atom stereocenters. The number of hydrogen-bond donors (Lipinski definition) is 4. The van der Waals surface area contributed by atoms with Gasteiger partial charge in [-0.25, -0.2) is 0 Å². The summed E-state index contributed by atoms with van der Waals surface area (Å²) in [4.78, 5) is 2.50. The molecule has 0 aliphatic rings. The normalized spacial score (nSPS) is 12.6. The van der Waals surface area contributed by atoms with Crippen molar-refractivity contribution in [1.82, 2.24) is 0 Å². The highest BCUT2D eigenvalue weighted by Gasteiger charge is 2.22. The molecule has 5 aromatic carbocycles. The fourth-order valence-corrected chi connectivity index (χ4v) is 7.33. The summed E-state index contributed by atoms with van der Waals surface area (Å²) in [6.07, 6.45) is 3.23. The third-order valence-corrected chi connectivity index (χ3v) is 9.94. The van der Waals surface area contributed by atoms with Crippen LogP contribution in [0, 0.1) is 18.8 Å². The Labute approximate surface area is 325 Å². The molecule has 0 heterocycles. The SMILES string of the molecule is C=C(C)CC(C)Cc1ccc(Nc2ccc(Nc3ccc(Nc4ccc(N(Cc5cc(C)c(O)c(C(C)(C)C)c5)C(C)CC(C)C)cc4)cc3)cc2)cc1. The van der Waals surface area contributed by atoms with Crippen LogP contribution in [0.2, 0.25) is 0 Å². The van der Waals surface area contributed by atoms with Crippen molar-refractivity contribution in [2.24, 2.45) is 11.8 Å². The van der Waals surface area contributed by atoms with Gasteiger partial charge in [-0.2, -0.15) is 0 Å². The van der Waals surface area contributed by atoms with Crippen LogP contribution in [0.1, 0.15) is 90.5 Å². The van der Waals surface area contributed by atoms with Crippen LogP contribution in [0.5, 0.6) is 5.75 Å². The van der Waals surface area contributed by atoms with Gasteiger partial charge in [-0.15, -0.1) is 6.58 Å². The first kappa shape index (κ1) is 40.0. The molecule has 0 saturated carbocycles. The molecule has 0 aromatic heterocycles. The number of hydrogen-bond acceptors (Lipinski definition) is 5. The van der Waals surface area contributed by atoms with Crippen LogP contribution < -0.4 is 20.9 Å². The summed E-state index contributed by atoms with van der Waals surface area (Å²) in [6, 6.07) is 39.0. The van der Waals surface area contributed by atoms with E-state index in [4.69, 9.17) is 0 Å². The van der Waals surface area contributed by atoms with Gasteiger partial charge in [-0.3, -0.25) is 0 Å². The molecule has 5 rings (SSSR count). The Morgan fingerprint density at radius 1 is 0.667 bits per heavy atom. The fourth-order valence-electron chi connectivity index (χ4n) is 7.33. The molecule has 0 fully saturated rings. The van der Waals surface area contributed by atoms with Crippen molar-refractivity contribution in [3.05, 3.63) is 144 Å². The van der Waals surface area contributed by atoms with Gasteiger partial charge in [0.2, 0.25) is 0 Å². The number of benzene rings is 5. The third kappa shape index (κ3) is 11.4. The van der Waals surface area contributed by atoms with Gasteiger partial charge in [0.05, 0.1) is 0 Å². The molecule has 0 radical (unpaired) electrons. The van der Waals surface area contributed by atoms with E-state index in [2.05, 4.69) is 192 Å². The van der Waals surface area contributed by atoms with Gasteiger partial charge in [0.1, 0.15) is 5.75 Å². The molecule has 5 nitrogen and oxygen atoms in total. The zero-order chi connectivity index (χ0) is 39.0. The summed E-state index contributed by atoms with van der Waals surface area (Å²) in [7, 11) is 0. The van der Waals surface area contributed by atoms with E-state index in [1.165, 1.54) is 22.4 Å². The van der Waals surface area contributed by atoms with Crippen LogP contribution in [-0.4, -0.2) is 11.1 Å². The topological polar surface area (TPSA) is 59.6 Å². The van der Waals surface area contributed by atoms with Crippen LogP contribution >= 0.6 is 0 Å². The lowest BCUT2D eigenvalue weighted by Crippen LogP contribution is -2.33. The van der Waals surface area contributed by atoms with E-state index in [9.17, 15) is 5.11 Å². The van der Waals surface area contributed by atoms with Crippen LogP contribution in [0.15, 0.2) is 121 Å². The first-order chi connectivity index (χ1) is 25.6. The Morgan fingerprint density at radius 2 is 1.09 bits per heavy atom. The zero-order valence-electron chi connectivity index (χ0n) is 34.1. The molecule has 0 amide bonds. The molecular weight excluding hydrogens is 661 g/mol. The van der Waals surface area contributed by atoms with Gasteiger partial charge in [0, 0.05) is 52.4 Å². The average molecular weight is 723 g/mol. The van der Waals surface area contributed by atoms with E-state index in [1.807, 2.05) is 6.92 Å². The van der Waals surface area contributed by atoms with Gasteiger partial charge in [0.15, 0.2) is 0 Å². The predicted octanol–water partition coefficient (Wildman–Crippen LogP) is 13.8. The number of phenolic OH excluding ortho intramolecular Hbond substituents is 1. The molecule has 0 bridgehead atoms. The van der Waals surface area contributed by atoms with E-state index in [1.54, 1.807) is 0 Å². The molecule has 0 saturated heterocycles. The highest BCUT2D eigenvalue weighted by Crippen LogP contribution is 2.36. The number of nitrogens with one attached hydrogen (secondary N) is 3. The number of allylic oxidation sites excluding steroid dienone is 1. The molecule has 0 aliphatic heterocycles. The zero-order valence-corrected chi connectivity index (χ0v) is 34.1. The van der Waals surface area contributed by atoms with Crippen LogP contribution in [0.4, 0.5) is 39.8 Å². The molecule has 4 N–H and O–H groups in total. The van der Waals surface area contributed by atoms with Crippen LogP contribution in [-0.2, 0) is 18.4 Å². The second kappa shape index (κ2) is 17.8. The van der Waals surface area contributed by atoms with E-state index in [0.29, 0.717) is 23.6 Å². The summed E-state index contributed by atoms with van der Waals surface area (Å²) < 4.78 is 0. The Bertz CT molecular complexity index is 1950. The summed E-state index contributed by atoms with van der Waals surface area (Å²) in [5.74, 6) is 1.60. The molecule has 0 spiro atoms. The second-order valence-corrected chi connectivity index (χ2v) is 16.9. The van der Waals surface area contributed by atoms with Crippen LogP contribution in [0.3, 0.4) is 0 Å². The Hall–Kier alpha value is -5.16. The standard InChI is InChI=1S/C49H62N4O/c1-33(2)27-35(5)29-38-11-13-40(14-12-38)50-41-15-17-42(18-16-41)51-43-19-21-44(22-20-43)52-45-23-25-46(26-24-45)53(37(7)28-34(3)4)32-39-30-36(6)48(54)47(31-39)49(8,9)10/h11-26,30-31,34-35,37,50-52,54H,1,27-29,32H2,2-10H3. The van der Waals surface area contributed by atoms with E-state index in [0.717, 1.165) is 71.1 Å². The summed E-state index contributed by atoms with van der Waals surface area (Å²) in [6.45, 7) is 24.6. The van der Waals surface area contributed by atoms with Gasteiger partial charge < -0.3 is 26.0 Å². The lowest BCUT2D eigenvalue weighted by molar-refractivity contribution is 0.442. The van der Waals surface area contributed by atoms with Gasteiger partial charge in [-0.05, 0) is 171 Å². The number of nitrogens with zero attached hydrogens (tertiary/aromatic N) is 1. The lowest BCUT2D eigenvalue weighted by atomic mass is 9.84.